The average molecular weight is 692 g/mol. The molecule has 0 unspecified atom stereocenters. The number of hydrogen-bond donors (Lipinski definition) is 1. The van der Waals surface area contributed by atoms with Gasteiger partial charge in [0.05, 0.1) is 20.3 Å². The van der Waals surface area contributed by atoms with E-state index in [1.807, 2.05) is 91.0 Å². The predicted octanol–water partition coefficient (Wildman–Crippen LogP) is 4.56. The number of methoxy groups -OCH3 is 1. The zero-order chi connectivity index (χ0) is 35.6. The van der Waals surface area contributed by atoms with Gasteiger partial charge in [-0.3, -0.25) is 4.79 Å². The summed E-state index contributed by atoms with van der Waals surface area (Å²) in [7, 11) is -2.04. The number of hydrogen-bond acceptors (Lipinski definition) is 10. The van der Waals surface area contributed by atoms with Crippen LogP contribution < -0.4 is 10.4 Å². The fourth-order valence-electron chi connectivity index (χ4n) is 6.15. The molecular formula is C37H45NO10Si. The molecule has 1 N–H and O–H groups in total. The van der Waals surface area contributed by atoms with E-state index < -0.39 is 62.2 Å². The van der Waals surface area contributed by atoms with Crippen LogP contribution >= 0.6 is 0 Å². The lowest BCUT2D eigenvalue weighted by Gasteiger charge is -2.48. The van der Waals surface area contributed by atoms with Crippen molar-refractivity contribution in [1.29, 1.82) is 0 Å². The molecule has 0 aromatic heterocycles. The van der Waals surface area contributed by atoms with Gasteiger partial charge in [-0.05, 0) is 21.0 Å². The van der Waals surface area contributed by atoms with Gasteiger partial charge in [0.25, 0.3) is 8.32 Å². The number of amides is 2. The number of ether oxygens (including phenoxy) is 5. The molecule has 0 bridgehead atoms. The highest BCUT2D eigenvalue weighted by Crippen LogP contribution is 2.38. The standard InChI is InChI=1S/C37H45NO10Si/c1-7-23-44-36(42)48-33-30(25-46-49(37(3,4)5,28-19-13-9-14-20-28)29-21-15-10-16-22-29)47-34(45-24-27-17-11-8-12-18-27)31(32(33)40)38(26(2)39)35(41)43-6/h7-22,30-34,40H,1,23-25H2,2-6H3/t30-,31-,32-,33-,34-/m1/s1. The van der Waals surface area contributed by atoms with Crippen LogP contribution in [0, 0.1) is 0 Å². The molecule has 5 atom stereocenters. The van der Waals surface area contributed by atoms with Crippen molar-refractivity contribution in [3.63, 3.8) is 0 Å². The Bertz CT molecular complexity index is 1490. The zero-order valence-corrected chi connectivity index (χ0v) is 29.5. The lowest BCUT2D eigenvalue weighted by Crippen LogP contribution is -2.70. The summed E-state index contributed by atoms with van der Waals surface area (Å²) in [5.41, 5.74) is 0.776. The first-order valence-electron chi connectivity index (χ1n) is 16.0. The topological polar surface area (TPSA) is 130 Å². The number of imide groups is 1. The Morgan fingerprint density at radius 2 is 1.49 bits per heavy atom. The molecule has 0 spiro atoms. The highest BCUT2D eigenvalue weighted by molar-refractivity contribution is 6.99. The molecule has 0 saturated carbocycles. The first-order valence-corrected chi connectivity index (χ1v) is 17.9. The van der Waals surface area contributed by atoms with E-state index in [9.17, 15) is 19.5 Å². The molecule has 11 nitrogen and oxygen atoms in total. The molecule has 262 valence electrons. The van der Waals surface area contributed by atoms with Gasteiger partial charge in [-0.2, -0.15) is 0 Å². The Kier molecular flexibility index (Phi) is 12.9. The van der Waals surface area contributed by atoms with Crippen molar-refractivity contribution < 1.29 is 47.6 Å². The minimum absolute atomic E-state index is 0.0107. The van der Waals surface area contributed by atoms with E-state index in [0.717, 1.165) is 30.0 Å². The fourth-order valence-corrected chi connectivity index (χ4v) is 10.7. The number of rotatable bonds is 12. The Hall–Kier alpha value is -4.33. The molecule has 1 fully saturated rings. The quantitative estimate of drug-likeness (QED) is 0.164. The highest BCUT2D eigenvalue weighted by atomic mass is 28.4. The molecule has 1 aliphatic rings. The Morgan fingerprint density at radius 1 is 0.939 bits per heavy atom. The number of nitrogens with zero attached hydrogens (tertiary/aromatic N) is 1. The van der Waals surface area contributed by atoms with E-state index in [0.29, 0.717) is 4.90 Å². The molecule has 1 saturated heterocycles. The maximum Gasteiger partial charge on any atom is 0.509 e. The summed E-state index contributed by atoms with van der Waals surface area (Å²) >= 11 is 0. The van der Waals surface area contributed by atoms with Crippen LogP contribution in [-0.4, -0.2) is 87.4 Å². The van der Waals surface area contributed by atoms with Crippen LogP contribution in [0.2, 0.25) is 5.04 Å². The third kappa shape index (κ3) is 8.64. The van der Waals surface area contributed by atoms with Crippen molar-refractivity contribution in [1.82, 2.24) is 4.90 Å². The van der Waals surface area contributed by atoms with Crippen LogP contribution in [0.5, 0.6) is 0 Å². The fraction of sp³-hybridized carbons (Fsp3) is 0.378. The van der Waals surface area contributed by atoms with Gasteiger partial charge in [0.15, 0.2) is 12.4 Å². The minimum atomic E-state index is -3.15. The zero-order valence-electron chi connectivity index (χ0n) is 28.5. The van der Waals surface area contributed by atoms with Gasteiger partial charge in [-0.15, -0.1) is 0 Å². The summed E-state index contributed by atoms with van der Waals surface area (Å²) in [4.78, 5) is 39.4. The Labute approximate surface area is 288 Å². The van der Waals surface area contributed by atoms with Crippen LogP contribution in [0.15, 0.2) is 104 Å². The molecule has 12 heteroatoms. The number of benzene rings is 3. The first-order chi connectivity index (χ1) is 23.4. The van der Waals surface area contributed by atoms with Gasteiger partial charge in [0.1, 0.15) is 24.9 Å². The van der Waals surface area contributed by atoms with Gasteiger partial charge < -0.3 is 33.2 Å². The van der Waals surface area contributed by atoms with Crippen molar-refractivity contribution in [2.75, 3.05) is 20.3 Å². The Balaban J connectivity index is 1.80. The minimum Gasteiger partial charge on any atom is -0.452 e. The summed E-state index contributed by atoms with van der Waals surface area (Å²) in [5, 5.41) is 13.5. The van der Waals surface area contributed by atoms with Gasteiger partial charge in [-0.1, -0.05) is 124 Å². The third-order valence-corrected chi connectivity index (χ3v) is 13.3. The molecule has 0 aliphatic carbocycles. The second-order valence-corrected chi connectivity index (χ2v) is 16.9. The number of carbonyl (C=O) groups excluding carboxylic acids is 3. The van der Waals surface area contributed by atoms with E-state index >= 15 is 0 Å². The summed E-state index contributed by atoms with van der Waals surface area (Å²) in [5.74, 6) is -0.747. The van der Waals surface area contributed by atoms with Crippen LogP contribution in [-0.2, 0) is 39.5 Å². The number of aliphatic hydroxyl groups excluding tert-OH is 1. The second-order valence-electron chi connectivity index (χ2n) is 12.6. The molecule has 49 heavy (non-hydrogen) atoms. The molecule has 4 rings (SSSR count). The molecule has 3 aromatic carbocycles. The van der Waals surface area contributed by atoms with Crippen LogP contribution in [0.25, 0.3) is 0 Å². The monoisotopic (exact) mass is 691 g/mol. The lowest BCUT2D eigenvalue weighted by atomic mass is 9.95. The summed E-state index contributed by atoms with van der Waals surface area (Å²) in [6.45, 7) is 10.7. The third-order valence-electron chi connectivity index (χ3n) is 8.34. The summed E-state index contributed by atoms with van der Waals surface area (Å²) in [6, 6.07) is 27.6. The predicted molar refractivity (Wildman–Crippen MR) is 185 cm³/mol. The van der Waals surface area contributed by atoms with E-state index in [2.05, 4.69) is 27.4 Å². The van der Waals surface area contributed by atoms with E-state index in [1.165, 1.54) is 6.08 Å². The van der Waals surface area contributed by atoms with Crippen LogP contribution in [0.4, 0.5) is 9.59 Å². The highest BCUT2D eigenvalue weighted by Gasteiger charge is 2.55. The van der Waals surface area contributed by atoms with Crippen molar-refractivity contribution in [2.24, 2.45) is 0 Å². The van der Waals surface area contributed by atoms with Crippen molar-refractivity contribution >= 4 is 36.8 Å². The lowest BCUT2D eigenvalue weighted by molar-refractivity contribution is -0.285. The molecule has 0 radical (unpaired) electrons. The first kappa shape index (κ1) is 37.5. The molecular weight excluding hydrogens is 646 g/mol. The van der Waals surface area contributed by atoms with Crippen molar-refractivity contribution in [2.45, 2.75) is 70.0 Å². The van der Waals surface area contributed by atoms with E-state index in [-0.39, 0.29) is 19.8 Å². The van der Waals surface area contributed by atoms with E-state index in [4.69, 9.17) is 28.1 Å². The number of aliphatic hydroxyl groups is 1. The van der Waals surface area contributed by atoms with Crippen LogP contribution in [0.3, 0.4) is 0 Å². The summed E-state index contributed by atoms with van der Waals surface area (Å²) < 4.78 is 35.4. The smallest absolute Gasteiger partial charge is 0.452 e. The second kappa shape index (κ2) is 16.9. The normalized spacial score (nSPS) is 20.9. The van der Waals surface area contributed by atoms with Crippen LogP contribution in [0.1, 0.15) is 33.3 Å². The maximum absolute atomic E-state index is 12.9. The van der Waals surface area contributed by atoms with Gasteiger partial charge >= 0.3 is 12.2 Å². The number of carbonyl (C=O) groups is 3. The van der Waals surface area contributed by atoms with Gasteiger partial charge in [-0.25, -0.2) is 14.5 Å². The van der Waals surface area contributed by atoms with Crippen molar-refractivity contribution in [3.8, 4) is 0 Å². The molecule has 3 aromatic rings. The van der Waals surface area contributed by atoms with Gasteiger partial charge in [0.2, 0.25) is 5.91 Å². The van der Waals surface area contributed by atoms with Crippen molar-refractivity contribution in [3.05, 3.63) is 109 Å². The van der Waals surface area contributed by atoms with Gasteiger partial charge in [0, 0.05) is 6.92 Å². The SMILES string of the molecule is C=CCOC(=O)O[C@H]1[C@H](O)[C@@H](N(C(C)=O)C(=O)OC)[C@H](OCc2ccccc2)O[C@@H]1CO[Si](c1ccccc1)(c1ccccc1)C(C)(C)C. The maximum atomic E-state index is 12.9. The molecule has 2 amide bonds. The largest absolute Gasteiger partial charge is 0.509 e. The molecule has 1 aliphatic heterocycles. The summed E-state index contributed by atoms with van der Waals surface area (Å²) in [6.07, 6.45) is -6.50. The van der Waals surface area contributed by atoms with E-state index in [1.54, 1.807) is 0 Å². The molecule has 1 heterocycles. The average Bonchev–Trinajstić information content (AvgIpc) is 3.09. The Morgan fingerprint density at radius 3 is 1.98 bits per heavy atom.